The molecule has 0 fully saturated rings. The summed E-state index contributed by atoms with van der Waals surface area (Å²) >= 11 is 1.38. The van der Waals surface area contributed by atoms with E-state index in [1.807, 2.05) is 20.8 Å². The summed E-state index contributed by atoms with van der Waals surface area (Å²) in [6.07, 6.45) is 1.88. The van der Waals surface area contributed by atoms with Crippen molar-refractivity contribution in [3.8, 4) is 0 Å². The number of nitrogens with zero attached hydrogens (tertiary/aromatic N) is 2. The maximum Gasteiger partial charge on any atom is 0.315 e. The predicted molar refractivity (Wildman–Crippen MR) is 72.8 cm³/mol. The molecule has 0 saturated heterocycles. The first-order chi connectivity index (χ1) is 8.45. The van der Waals surface area contributed by atoms with Crippen molar-refractivity contribution in [2.75, 3.05) is 18.9 Å². The molecular weight excluding hydrogens is 250 g/mol. The number of unbranched alkanes of at least 4 members (excludes halogenated alkanes) is 1. The van der Waals surface area contributed by atoms with Crippen LogP contribution in [0.1, 0.15) is 30.3 Å². The van der Waals surface area contributed by atoms with Crippen LogP contribution < -0.4 is 5.32 Å². The highest BCUT2D eigenvalue weighted by Gasteiger charge is 2.19. The highest BCUT2D eigenvalue weighted by Crippen LogP contribution is 2.20. The van der Waals surface area contributed by atoms with Gasteiger partial charge < -0.3 is 4.90 Å². The Morgan fingerprint density at radius 2 is 2.06 bits per heavy atom. The lowest BCUT2D eigenvalue weighted by Gasteiger charge is -2.15. The van der Waals surface area contributed by atoms with Crippen molar-refractivity contribution < 1.29 is 9.59 Å². The van der Waals surface area contributed by atoms with Gasteiger partial charge in [0.25, 0.3) is 0 Å². The number of rotatable bonds is 4. The first kappa shape index (κ1) is 14.6. The van der Waals surface area contributed by atoms with Gasteiger partial charge in [-0.25, -0.2) is 4.98 Å². The number of nitrogens with one attached hydrogen (secondary N) is 1. The van der Waals surface area contributed by atoms with Crippen molar-refractivity contribution in [2.24, 2.45) is 0 Å². The van der Waals surface area contributed by atoms with E-state index in [0.717, 1.165) is 23.4 Å². The van der Waals surface area contributed by atoms with Crippen molar-refractivity contribution >= 4 is 28.3 Å². The molecule has 1 rings (SSSR count). The summed E-state index contributed by atoms with van der Waals surface area (Å²) in [5.74, 6) is -1.14. The van der Waals surface area contributed by atoms with E-state index in [2.05, 4.69) is 10.3 Å². The Morgan fingerprint density at radius 1 is 1.39 bits per heavy atom. The largest absolute Gasteiger partial charge is 0.338 e. The monoisotopic (exact) mass is 269 g/mol. The number of carbonyl (C=O) groups excluding carboxylic acids is 2. The second-order valence-electron chi connectivity index (χ2n) is 4.19. The number of hydrogen-bond donors (Lipinski definition) is 1. The minimum atomic E-state index is -0.623. The Labute approximate surface area is 111 Å². The van der Waals surface area contributed by atoms with Crippen molar-refractivity contribution in [3.63, 3.8) is 0 Å². The number of aryl methyl sites for hydroxylation is 2. The first-order valence-corrected chi connectivity index (χ1v) is 6.77. The molecule has 0 aliphatic carbocycles. The number of carbonyl (C=O) groups is 2. The summed E-state index contributed by atoms with van der Waals surface area (Å²) in [6.45, 7) is 6.44. The van der Waals surface area contributed by atoms with Crippen LogP contribution in [0.15, 0.2) is 0 Å². The zero-order valence-electron chi connectivity index (χ0n) is 11.2. The summed E-state index contributed by atoms with van der Waals surface area (Å²) in [4.78, 5) is 30.1. The standard InChI is InChI=1S/C12H19N3O2S/c1-5-6-7-15(4)11(17)10(16)14-12-13-8(2)9(3)18-12/h5-7H2,1-4H3,(H,13,14,16). The second-order valence-corrected chi connectivity index (χ2v) is 5.40. The van der Waals surface area contributed by atoms with Gasteiger partial charge in [0, 0.05) is 18.5 Å². The van der Waals surface area contributed by atoms with Crippen LogP contribution in [0.4, 0.5) is 5.13 Å². The fourth-order valence-corrected chi connectivity index (χ4v) is 2.16. The number of thiazole rings is 1. The number of aromatic nitrogens is 1. The lowest BCUT2D eigenvalue weighted by Crippen LogP contribution is -2.37. The molecule has 0 aromatic carbocycles. The van der Waals surface area contributed by atoms with E-state index >= 15 is 0 Å². The molecule has 5 nitrogen and oxygen atoms in total. The number of likely N-dealkylation sites (N-methyl/N-ethyl adjacent to an activating group) is 1. The van der Waals surface area contributed by atoms with Gasteiger partial charge in [0.1, 0.15) is 0 Å². The van der Waals surface area contributed by atoms with Gasteiger partial charge in [-0.3, -0.25) is 14.9 Å². The Balaban J connectivity index is 2.57. The zero-order chi connectivity index (χ0) is 13.7. The van der Waals surface area contributed by atoms with Crippen molar-refractivity contribution in [2.45, 2.75) is 33.6 Å². The zero-order valence-corrected chi connectivity index (χ0v) is 12.1. The van der Waals surface area contributed by atoms with Crippen molar-refractivity contribution in [1.82, 2.24) is 9.88 Å². The molecule has 0 bridgehead atoms. The van der Waals surface area contributed by atoms with Gasteiger partial charge in [-0.05, 0) is 20.3 Å². The Hall–Kier alpha value is -1.43. The molecule has 0 spiro atoms. The molecule has 0 aliphatic rings. The maximum absolute atomic E-state index is 11.7. The minimum absolute atomic E-state index is 0.479. The van der Waals surface area contributed by atoms with Crippen LogP contribution in [-0.2, 0) is 9.59 Å². The minimum Gasteiger partial charge on any atom is -0.338 e. The quantitative estimate of drug-likeness (QED) is 0.850. The fourth-order valence-electron chi connectivity index (χ4n) is 1.35. The molecule has 1 aromatic heterocycles. The maximum atomic E-state index is 11.7. The van der Waals surface area contributed by atoms with E-state index in [4.69, 9.17) is 0 Å². The van der Waals surface area contributed by atoms with Crippen LogP contribution in [0.5, 0.6) is 0 Å². The highest BCUT2D eigenvalue weighted by molar-refractivity contribution is 7.15. The summed E-state index contributed by atoms with van der Waals surface area (Å²) in [6, 6.07) is 0. The second kappa shape index (κ2) is 6.49. The number of anilines is 1. The van der Waals surface area contributed by atoms with E-state index in [1.165, 1.54) is 16.2 Å². The van der Waals surface area contributed by atoms with Gasteiger partial charge >= 0.3 is 11.8 Å². The van der Waals surface area contributed by atoms with Crippen molar-refractivity contribution in [3.05, 3.63) is 10.6 Å². The van der Waals surface area contributed by atoms with Crippen LogP contribution in [0, 0.1) is 13.8 Å². The van der Waals surface area contributed by atoms with Crippen molar-refractivity contribution in [1.29, 1.82) is 0 Å². The summed E-state index contributed by atoms with van der Waals surface area (Å²) in [5, 5.41) is 3.02. The third-order valence-electron chi connectivity index (χ3n) is 2.64. The average molecular weight is 269 g/mol. The lowest BCUT2D eigenvalue weighted by molar-refractivity contribution is -0.142. The molecule has 0 radical (unpaired) electrons. The molecule has 0 atom stereocenters. The molecule has 2 amide bonds. The first-order valence-electron chi connectivity index (χ1n) is 5.96. The topological polar surface area (TPSA) is 62.3 Å². The van der Waals surface area contributed by atoms with Crippen LogP contribution in [0.2, 0.25) is 0 Å². The van der Waals surface area contributed by atoms with Crippen LogP contribution in [0.3, 0.4) is 0 Å². The predicted octanol–water partition coefficient (Wildman–Crippen LogP) is 1.96. The molecule has 1 aromatic rings. The van der Waals surface area contributed by atoms with E-state index in [1.54, 1.807) is 7.05 Å². The fraction of sp³-hybridized carbons (Fsp3) is 0.583. The average Bonchev–Trinajstić information content (AvgIpc) is 2.64. The molecule has 6 heteroatoms. The van der Waals surface area contributed by atoms with E-state index in [-0.39, 0.29) is 0 Å². The molecular formula is C12H19N3O2S. The van der Waals surface area contributed by atoms with Gasteiger partial charge in [0.15, 0.2) is 5.13 Å². The van der Waals surface area contributed by atoms with E-state index < -0.39 is 11.8 Å². The molecule has 1 N–H and O–H groups in total. The number of amides is 2. The summed E-state index contributed by atoms with van der Waals surface area (Å²) in [7, 11) is 1.63. The normalized spacial score (nSPS) is 10.2. The highest BCUT2D eigenvalue weighted by atomic mass is 32.1. The van der Waals surface area contributed by atoms with Crippen LogP contribution in [0.25, 0.3) is 0 Å². The molecule has 0 aliphatic heterocycles. The lowest BCUT2D eigenvalue weighted by atomic mass is 10.3. The van der Waals surface area contributed by atoms with Crippen LogP contribution >= 0.6 is 11.3 Å². The summed E-state index contributed by atoms with van der Waals surface area (Å²) in [5.41, 5.74) is 0.877. The molecule has 0 saturated carbocycles. The number of hydrogen-bond acceptors (Lipinski definition) is 4. The van der Waals surface area contributed by atoms with E-state index in [9.17, 15) is 9.59 Å². The third-order valence-corrected chi connectivity index (χ3v) is 3.63. The van der Waals surface area contributed by atoms with E-state index in [0.29, 0.717) is 11.7 Å². The van der Waals surface area contributed by atoms with Crippen LogP contribution in [-0.4, -0.2) is 35.3 Å². The summed E-state index contributed by atoms with van der Waals surface area (Å²) < 4.78 is 0. The smallest absolute Gasteiger partial charge is 0.315 e. The van der Waals surface area contributed by atoms with Gasteiger partial charge in [-0.2, -0.15) is 0 Å². The third kappa shape index (κ3) is 3.80. The van der Waals surface area contributed by atoms with Gasteiger partial charge in [0.2, 0.25) is 0 Å². The van der Waals surface area contributed by atoms with Gasteiger partial charge in [-0.1, -0.05) is 13.3 Å². The molecule has 1 heterocycles. The van der Waals surface area contributed by atoms with Gasteiger partial charge in [0.05, 0.1) is 5.69 Å². The Morgan fingerprint density at radius 3 is 2.56 bits per heavy atom. The molecule has 0 unspecified atom stereocenters. The molecule has 18 heavy (non-hydrogen) atoms. The van der Waals surface area contributed by atoms with Gasteiger partial charge in [-0.15, -0.1) is 11.3 Å². The Kier molecular flexibility index (Phi) is 5.27. The Bertz CT molecular complexity index is 423. The molecule has 100 valence electrons. The SMILES string of the molecule is CCCCN(C)C(=O)C(=O)Nc1nc(C)c(C)s1.